The number of carboxylic acid groups (broad SMARTS) is 2. The predicted octanol–water partition coefficient (Wildman–Crippen LogP) is -2.43. The summed E-state index contributed by atoms with van der Waals surface area (Å²) in [4.78, 5) is 20.0. The fourth-order valence-electron chi connectivity index (χ4n) is 0.361. The molecule has 0 bridgehead atoms. The zero-order chi connectivity index (χ0) is 8.31. The number of nitrogens with zero attached hydrogens (tertiary/aromatic N) is 1. The van der Waals surface area contributed by atoms with Crippen LogP contribution in [-0.2, 0) is 9.59 Å². The summed E-state index contributed by atoms with van der Waals surface area (Å²) in [6, 6.07) is -1.89. The number of aliphatic carboxylic acids is 2. The van der Waals surface area contributed by atoms with E-state index in [0.717, 1.165) is 0 Å². The smallest absolute Gasteiger partial charge is 0.335 e. The first-order valence-electron chi connectivity index (χ1n) is 2.21. The molecule has 0 fully saturated rings. The highest BCUT2D eigenvalue weighted by atomic mass is 16.4. The molecule has 0 aliphatic rings. The van der Waals surface area contributed by atoms with Crippen LogP contribution in [-0.4, -0.2) is 33.3 Å². The lowest BCUT2D eigenvalue weighted by Crippen LogP contribution is -2.54. The van der Waals surface area contributed by atoms with Crippen molar-refractivity contribution in [1.82, 2.24) is 5.12 Å². The number of carboxylic acids is 2. The van der Waals surface area contributed by atoms with E-state index in [1.165, 1.54) is 0 Å². The van der Waals surface area contributed by atoms with E-state index in [2.05, 4.69) is 11.7 Å². The average Bonchev–Trinajstić information content (AvgIpc) is 1.59. The van der Waals surface area contributed by atoms with Gasteiger partial charge in [-0.2, -0.15) is 5.12 Å². The lowest BCUT2D eigenvalue weighted by atomic mass is 10.3. The fourth-order valence-corrected chi connectivity index (χ4v) is 0.361. The Balaban J connectivity index is 4.27. The normalized spacial score (nSPS) is 10.4. The van der Waals surface area contributed by atoms with Gasteiger partial charge in [0.1, 0.15) is 0 Å². The van der Waals surface area contributed by atoms with E-state index in [0.29, 0.717) is 0 Å². The molecule has 10 heavy (non-hydrogen) atoms. The van der Waals surface area contributed by atoms with Crippen LogP contribution in [0.3, 0.4) is 0 Å². The van der Waals surface area contributed by atoms with Crippen molar-refractivity contribution in [2.45, 2.75) is 6.04 Å². The molecule has 0 aliphatic heterocycles. The van der Waals surface area contributed by atoms with Gasteiger partial charge in [0.05, 0.1) is 0 Å². The van der Waals surface area contributed by atoms with Crippen molar-refractivity contribution < 1.29 is 19.8 Å². The predicted molar refractivity (Wildman–Crippen MR) is 29.3 cm³/mol. The number of hydrogen-bond donors (Lipinski definition) is 4. The van der Waals surface area contributed by atoms with Gasteiger partial charge in [0.2, 0.25) is 6.04 Å². The van der Waals surface area contributed by atoms with Crippen LogP contribution in [0.4, 0.5) is 0 Å². The number of hydrazine groups is 2. The van der Waals surface area contributed by atoms with Gasteiger partial charge in [-0.15, -0.1) is 0 Å². The highest BCUT2D eigenvalue weighted by molar-refractivity contribution is 5.97. The SMILES string of the molecule is NN(N)C(C(=O)O)C(=O)O. The Bertz CT molecular complexity index is 142. The number of nitrogens with two attached hydrogens (primary N) is 2. The summed E-state index contributed by atoms with van der Waals surface area (Å²) in [5.41, 5.74) is 0. The van der Waals surface area contributed by atoms with Crippen LogP contribution in [0, 0.1) is 0 Å². The maximum atomic E-state index is 10.00. The van der Waals surface area contributed by atoms with Gasteiger partial charge in [-0.3, -0.25) is 11.7 Å². The summed E-state index contributed by atoms with van der Waals surface area (Å²) in [6.07, 6.45) is 0. The third kappa shape index (κ3) is 1.97. The van der Waals surface area contributed by atoms with Crippen molar-refractivity contribution >= 4 is 11.9 Å². The second-order valence-electron chi connectivity index (χ2n) is 1.53. The second-order valence-corrected chi connectivity index (χ2v) is 1.53. The minimum absolute atomic E-state index is 0.116. The molecule has 0 rings (SSSR count). The summed E-state index contributed by atoms with van der Waals surface area (Å²) >= 11 is 0. The van der Waals surface area contributed by atoms with E-state index < -0.39 is 18.0 Å². The van der Waals surface area contributed by atoms with Gasteiger partial charge in [0.15, 0.2) is 0 Å². The van der Waals surface area contributed by atoms with Gasteiger partial charge in [-0.25, -0.2) is 9.59 Å². The summed E-state index contributed by atoms with van der Waals surface area (Å²) in [6.45, 7) is 0. The van der Waals surface area contributed by atoms with E-state index in [4.69, 9.17) is 10.2 Å². The van der Waals surface area contributed by atoms with Crippen molar-refractivity contribution in [2.24, 2.45) is 11.7 Å². The summed E-state index contributed by atoms with van der Waals surface area (Å²) in [5.74, 6) is 6.18. The first-order chi connectivity index (χ1) is 4.46. The molecular formula is C3H7N3O4. The molecule has 0 atom stereocenters. The Kier molecular flexibility index (Phi) is 2.74. The van der Waals surface area contributed by atoms with Crippen molar-refractivity contribution in [3.05, 3.63) is 0 Å². The molecule has 0 saturated heterocycles. The Morgan fingerprint density at radius 2 is 1.50 bits per heavy atom. The number of carbonyl (C=O) groups is 2. The number of rotatable bonds is 3. The lowest BCUT2D eigenvalue weighted by Gasteiger charge is -2.13. The van der Waals surface area contributed by atoms with Gasteiger partial charge >= 0.3 is 11.9 Å². The molecule has 0 aromatic rings. The minimum Gasteiger partial charge on any atom is -0.480 e. The van der Waals surface area contributed by atoms with Gasteiger partial charge in [0.25, 0.3) is 0 Å². The Hall–Kier alpha value is -1.18. The highest BCUT2D eigenvalue weighted by Crippen LogP contribution is 1.87. The summed E-state index contributed by atoms with van der Waals surface area (Å²) in [7, 11) is 0. The maximum absolute atomic E-state index is 10.00. The monoisotopic (exact) mass is 149 g/mol. The van der Waals surface area contributed by atoms with E-state index >= 15 is 0 Å². The van der Waals surface area contributed by atoms with Gasteiger partial charge in [-0.05, 0) is 0 Å². The molecule has 0 aromatic heterocycles. The largest absolute Gasteiger partial charge is 0.480 e. The molecule has 0 spiro atoms. The van der Waals surface area contributed by atoms with E-state index in [-0.39, 0.29) is 5.12 Å². The molecule has 0 heterocycles. The molecule has 0 unspecified atom stereocenters. The zero-order valence-electron chi connectivity index (χ0n) is 4.89. The molecule has 58 valence electrons. The Labute approximate surface area is 55.8 Å². The van der Waals surface area contributed by atoms with Crippen molar-refractivity contribution in [3.63, 3.8) is 0 Å². The Morgan fingerprint density at radius 1 is 1.20 bits per heavy atom. The highest BCUT2D eigenvalue weighted by Gasteiger charge is 2.29. The third-order valence-corrected chi connectivity index (χ3v) is 0.766. The molecule has 0 aromatic carbocycles. The van der Waals surface area contributed by atoms with Crippen LogP contribution in [0.5, 0.6) is 0 Å². The molecule has 7 heteroatoms. The topological polar surface area (TPSA) is 130 Å². The Morgan fingerprint density at radius 3 is 1.50 bits per heavy atom. The molecule has 0 radical (unpaired) electrons. The van der Waals surface area contributed by atoms with E-state index in [9.17, 15) is 9.59 Å². The van der Waals surface area contributed by atoms with Gasteiger partial charge < -0.3 is 10.2 Å². The van der Waals surface area contributed by atoms with Crippen molar-refractivity contribution in [2.75, 3.05) is 0 Å². The van der Waals surface area contributed by atoms with Crippen LogP contribution < -0.4 is 11.7 Å². The molecule has 0 saturated carbocycles. The van der Waals surface area contributed by atoms with Crippen LogP contribution in [0.15, 0.2) is 0 Å². The fraction of sp³-hybridized carbons (Fsp3) is 0.333. The van der Waals surface area contributed by atoms with E-state index in [1.54, 1.807) is 0 Å². The molecule has 7 nitrogen and oxygen atoms in total. The number of hydrogen-bond acceptors (Lipinski definition) is 5. The molecule has 0 aliphatic carbocycles. The average molecular weight is 149 g/mol. The minimum atomic E-state index is -1.89. The standard InChI is InChI=1S/C3H7N3O4/c4-6(5)1(2(7)8)3(9)10/h1H,4-5H2,(H,7,8)(H,9,10). The van der Waals surface area contributed by atoms with Crippen LogP contribution in [0.1, 0.15) is 0 Å². The van der Waals surface area contributed by atoms with E-state index in [1.807, 2.05) is 0 Å². The quantitative estimate of drug-likeness (QED) is 0.199. The zero-order valence-corrected chi connectivity index (χ0v) is 4.89. The first-order valence-corrected chi connectivity index (χ1v) is 2.21. The molecule has 0 amide bonds. The summed E-state index contributed by atoms with van der Waals surface area (Å²) in [5, 5.41) is 16.4. The van der Waals surface area contributed by atoms with Crippen LogP contribution in [0.2, 0.25) is 0 Å². The molecular weight excluding hydrogens is 142 g/mol. The van der Waals surface area contributed by atoms with Crippen molar-refractivity contribution in [3.8, 4) is 0 Å². The lowest BCUT2D eigenvalue weighted by molar-refractivity contribution is -0.156. The third-order valence-electron chi connectivity index (χ3n) is 0.766. The van der Waals surface area contributed by atoms with Gasteiger partial charge in [0, 0.05) is 0 Å². The van der Waals surface area contributed by atoms with Crippen LogP contribution in [0.25, 0.3) is 0 Å². The second kappa shape index (κ2) is 3.11. The van der Waals surface area contributed by atoms with Crippen LogP contribution >= 0.6 is 0 Å². The van der Waals surface area contributed by atoms with Gasteiger partial charge in [-0.1, -0.05) is 0 Å². The summed E-state index contributed by atoms with van der Waals surface area (Å²) < 4.78 is 0. The van der Waals surface area contributed by atoms with Crippen molar-refractivity contribution in [1.29, 1.82) is 0 Å². The molecule has 6 N–H and O–H groups in total. The first kappa shape index (κ1) is 8.82. The maximum Gasteiger partial charge on any atom is 0.335 e.